The Kier molecular flexibility index (Phi) is 7.26. The average molecular weight is 385 g/mol. The Hall–Kier alpha value is -2.29. The zero-order chi connectivity index (χ0) is 19.0. The summed E-state index contributed by atoms with van der Waals surface area (Å²) < 4.78 is 38.7. The van der Waals surface area contributed by atoms with Crippen molar-refractivity contribution in [3.8, 4) is 0 Å². The van der Waals surface area contributed by atoms with Crippen molar-refractivity contribution in [1.82, 2.24) is 15.6 Å². The van der Waals surface area contributed by atoms with Gasteiger partial charge in [-0.1, -0.05) is 6.92 Å². The molecule has 0 aliphatic carbocycles. The third-order valence-electron chi connectivity index (χ3n) is 3.73. The van der Waals surface area contributed by atoms with Gasteiger partial charge in [0.05, 0.1) is 5.56 Å². The molecule has 142 valence electrons. The van der Waals surface area contributed by atoms with E-state index in [-0.39, 0.29) is 12.4 Å². The first-order valence-corrected chi connectivity index (χ1v) is 9.08. The van der Waals surface area contributed by atoms with Crippen molar-refractivity contribution in [2.45, 2.75) is 19.0 Å². The fourth-order valence-corrected chi connectivity index (χ4v) is 3.06. The minimum Gasteiger partial charge on any atom is -0.368 e. The zero-order valence-electron chi connectivity index (χ0n) is 14.6. The van der Waals surface area contributed by atoms with Gasteiger partial charge in [0, 0.05) is 32.9 Å². The van der Waals surface area contributed by atoms with Gasteiger partial charge < -0.3 is 16.0 Å². The molecule has 0 bridgehead atoms. The SMILES string of the molecule is CN=C(NCCNc1ncccc1C(F)(F)F)NCC(C)c1ccsc1. The second-order valence-corrected chi connectivity index (χ2v) is 6.44. The van der Waals surface area contributed by atoms with Gasteiger partial charge in [-0.25, -0.2) is 4.98 Å². The second-order valence-electron chi connectivity index (χ2n) is 5.66. The normalized spacial score (nSPS) is 13.3. The molecule has 26 heavy (non-hydrogen) atoms. The van der Waals surface area contributed by atoms with Crippen molar-refractivity contribution in [3.63, 3.8) is 0 Å². The van der Waals surface area contributed by atoms with Crippen molar-refractivity contribution in [2.24, 2.45) is 4.99 Å². The molecule has 0 radical (unpaired) electrons. The summed E-state index contributed by atoms with van der Waals surface area (Å²) in [5, 5.41) is 13.1. The maximum atomic E-state index is 12.9. The van der Waals surface area contributed by atoms with Crippen molar-refractivity contribution < 1.29 is 13.2 Å². The lowest BCUT2D eigenvalue weighted by atomic mass is 10.1. The summed E-state index contributed by atoms with van der Waals surface area (Å²) in [6.45, 7) is 3.51. The van der Waals surface area contributed by atoms with Crippen LogP contribution >= 0.6 is 11.3 Å². The van der Waals surface area contributed by atoms with E-state index in [1.165, 1.54) is 17.8 Å². The Morgan fingerprint density at radius 2 is 2.08 bits per heavy atom. The van der Waals surface area contributed by atoms with Crippen LogP contribution in [0.15, 0.2) is 40.1 Å². The highest BCUT2D eigenvalue weighted by Gasteiger charge is 2.33. The van der Waals surface area contributed by atoms with Crippen LogP contribution in [0.25, 0.3) is 0 Å². The Labute approximate surface area is 154 Å². The standard InChI is InChI=1S/C17H22F3N5S/c1-12(13-5-9-26-11-13)10-25-16(21-2)24-8-7-23-15-14(17(18,19)20)4-3-6-22-15/h3-6,9,11-12H,7-8,10H2,1-2H3,(H,22,23)(H2,21,24,25). The van der Waals surface area contributed by atoms with Crippen molar-refractivity contribution in [2.75, 3.05) is 32.0 Å². The van der Waals surface area contributed by atoms with Crippen LogP contribution in [0.2, 0.25) is 0 Å². The number of guanidine groups is 1. The number of rotatable bonds is 7. The molecule has 0 saturated heterocycles. The van der Waals surface area contributed by atoms with E-state index < -0.39 is 11.7 Å². The number of aromatic nitrogens is 1. The lowest BCUT2D eigenvalue weighted by Gasteiger charge is -2.16. The first-order valence-electron chi connectivity index (χ1n) is 8.14. The number of thiophene rings is 1. The van der Waals surface area contributed by atoms with Crippen LogP contribution in [-0.4, -0.2) is 37.6 Å². The Bertz CT molecular complexity index is 701. The van der Waals surface area contributed by atoms with Gasteiger partial charge >= 0.3 is 6.18 Å². The molecule has 0 aliphatic heterocycles. The molecule has 0 aromatic carbocycles. The highest BCUT2D eigenvalue weighted by Crippen LogP contribution is 2.33. The molecule has 0 amide bonds. The number of halogens is 3. The van der Waals surface area contributed by atoms with Crippen LogP contribution in [0.4, 0.5) is 19.0 Å². The molecular formula is C17H22F3N5S. The highest BCUT2D eigenvalue weighted by molar-refractivity contribution is 7.07. The van der Waals surface area contributed by atoms with Gasteiger partial charge in [0.1, 0.15) is 5.82 Å². The lowest BCUT2D eigenvalue weighted by Crippen LogP contribution is -2.41. The van der Waals surface area contributed by atoms with E-state index in [4.69, 9.17) is 0 Å². The van der Waals surface area contributed by atoms with Crippen LogP contribution in [0.1, 0.15) is 24.0 Å². The fourth-order valence-electron chi connectivity index (χ4n) is 2.28. The van der Waals surface area contributed by atoms with Gasteiger partial charge in [-0.2, -0.15) is 24.5 Å². The Balaban J connectivity index is 1.76. The van der Waals surface area contributed by atoms with E-state index in [1.807, 2.05) is 5.38 Å². The number of hydrogen-bond donors (Lipinski definition) is 3. The molecule has 2 heterocycles. The minimum absolute atomic E-state index is 0.171. The van der Waals surface area contributed by atoms with Gasteiger partial charge in [0.25, 0.3) is 0 Å². The van der Waals surface area contributed by atoms with Gasteiger partial charge in [-0.3, -0.25) is 4.99 Å². The van der Waals surface area contributed by atoms with E-state index >= 15 is 0 Å². The molecule has 0 fully saturated rings. The predicted octanol–water partition coefficient (Wildman–Crippen LogP) is 3.54. The zero-order valence-corrected chi connectivity index (χ0v) is 15.4. The Morgan fingerprint density at radius 3 is 2.73 bits per heavy atom. The Morgan fingerprint density at radius 1 is 1.27 bits per heavy atom. The van der Waals surface area contributed by atoms with Crippen molar-refractivity contribution >= 4 is 23.1 Å². The van der Waals surface area contributed by atoms with E-state index in [1.54, 1.807) is 18.4 Å². The van der Waals surface area contributed by atoms with Crippen LogP contribution in [0.5, 0.6) is 0 Å². The molecular weight excluding hydrogens is 363 g/mol. The summed E-state index contributed by atoms with van der Waals surface area (Å²) in [7, 11) is 1.65. The van der Waals surface area contributed by atoms with Gasteiger partial charge in [0.2, 0.25) is 0 Å². The van der Waals surface area contributed by atoms with Crippen LogP contribution < -0.4 is 16.0 Å². The number of aliphatic imine (C=N–C) groups is 1. The van der Waals surface area contributed by atoms with Crippen molar-refractivity contribution in [1.29, 1.82) is 0 Å². The predicted molar refractivity (Wildman–Crippen MR) is 99.8 cm³/mol. The van der Waals surface area contributed by atoms with Gasteiger partial charge in [-0.15, -0.1) is 0 Å². The summed E-state index contributed by atoms with van der Waals surface area (Å²) in [6.07, 6.45) is -3.10. The number of nitrogens with one attached hydrogen (secondary N) is 3. The molecule has 1 unspecified atom stereocenters. The molecule has 3 N–H and O–H groups in total. The van der Waals surface area contributed by atoms with E-state index in [0.717, 1.165) is 6.07 Å². The molecule has 0 saturated carbocycles. The molecule has 2 aromatic heterocycles. The van der Waals surface area contributed by atoms with Crippen LogP contribution in [0.3, 0.4) is 0 Å². The number of anilines is 1. The monoisotopic (exact) mass is 385 g/mol. The molecule has 0 spiro atoms. The topological polar surface area (TPSA) is 61.3 Å². The molecule has 0 aliphatic rings. The highest BCUT2D eigenvalue weighted by atomic mass is 32.1. The summed E-state index contributed by atoms with van der Waals surface area (Å²) >= 11 is 1.66. The maximum absolute atomic E-state index is 12.9. The number of hydrogen-bond acceptors (Lipinski definition) is 4. The molecule has 1 atom stereocenters. The van der Waals surface area contributed by atoms with Crippen molar-refractivity contribution in [3.05, 3.63) is 46.3 Å². The lowest BCUT2D eigenvalue weighted by molar-refractivity contribution is -0.137. The molecule has 9 heteroatoms. The third-order valence-corrected chi connectivity index (χ3v) is 4.44. The molecule has 2 aromatic rings. The first-order chi connectivity index (χ1) is 12.4. The van der Waals surface area contributed by atoms with Gasteiger partial charge in [-0.05, 0) is 40.4 Å². The molecule has 2 rings (SSSR count). The van der Waals surface area contributed by atoms with E-state index in [0.29, 0.717) is 25.0 Å². The number of nitrogens with zero attached hydrogens (tertiary/aromatic N) is 2. The molecule has 5 nitrogen and oxygen atoms in total. The number of alkyl halides is 3. The van der Waals surface area contributed by atoms with Crippen LogP contribution in [-0.2, 0) is 6.18 Å². The van der Waals surface area contributed by atoms with E-state index in [2.05, 4.69) is 44.3 Å². The number of pyridine rings is 1. The summed E-state index contributed by atoms with van der Waals surface area (Å²) in [5.41, 5.74) is 0.488. The van der Waals surface area contributed by atoms with E-state index in [9.17, 15) is 13.2 Å². The summed E-state index contributed by atoms with van der Waals surface area (Å²) in [6, 6.07) is 4.37. The fraction of sp³-hybridized carbons (Fsp3) is 0.412. The largest absolute Gasteiger partial charge is 0.419 e. The summed E-state index contributed by atoms with van der Waals surface area (Å²) in [4.78, 5) is 7.88. The minimum atomic E-state index is -4.43. The maximum Gasteiger partial charge on any atom is 0.419 e. The average Bonchev–Trinajstić information content (AvgIpc) is 3.15. The third kappa shape index (κ3) is 5.91. The quantitative estimate of drug-likeness (QED) is 0.388. The smallest absolute Gasteiger partial charge is 0.368 e. The second kappa shape index (κ2) is 9.42. The van der Waals surface area contributed by atoms with Crippen LogP contribution in [0, 0.1) is 0 Å². The summed E-state index contributed by atoms with van der Waals surface area (Å²) in [5.74, 6) is 0.766. The first kappa shape index (κ1) is 20.0. The van der Waals surface area contributed by atoms with Gasteiger partial charge in [0.15, 0.2) is 5.96 Å².